The molecule has 0 saturated carbocycles. The van der Waals surface area contributed by atoms with Gasteiger partial charge in [-0.25, -0.2) is 0 Å². The minimum atomic E-state index is -0.300. The summed E-state index contributed by atoms with van der Waals surface area (Å²) in [6.45, 7) is 3.77. The van der Waals surface area contributed by atoms with Crippen molar-refractivity contribution in [1.82, 2.24) is 10.1 Å². The van der Waals surface area contributed by atoms with Crippen molar-refractivity contribution >= 4 is 39.0 Å². The Morgan fingerprint density at radius 3 is 2.67 bits per heavy atom. The van der Waals surface area contributed by atoms with Crippen molar-refractivity contribution in [3.05, 3.63) is 64.1 Å². The monoisotopic (exact) mass is 386 g/mol. The van der Waals surface area contributed by atoms with E-state index in [-0.39, 0.29) is 5.91 Å². The minimum absolute atomic E-state index is 0.300. The summed E-state index contributed by atoms with van der Waals surface area (Å²) in [4.78, 5) is 16.4. The fraction of sp³-hybridized carbons (Fsp3) is 0.118. The second-order valence-corrected chi connectivity index (χ2v) is 6.18. The second-order valence-electron chi connectivity index (χ2n) is 5.33. The zero-order valence-corrected chi connectivity index (χ0v) is 14.7. The minimum Gasteiger partial charge on any atom is -0.360 e. The topological polar surface area (TPSA) is 80.0 Å². The Bertz CT molecular complexity index is 892. The number of aromatic nitrogens is 2. The normalized spacial score (nSPS) is 10.5. The van der Waals surface area contributed by atoms with Crippen LogP contribution in [0.4, 0.5) is 17.2 Å². The van der Waals surface area contributed by atoms with Gasteiger partial charge in [0.15, 0.2) is 5.82 Å². The number of nitrogens with one attached hydrogen (secondary N) is 2. The highest BCUT2D eigenvalue weighted by Crippen LogP contribution is 2.23. The highest BCUT2D eigenvalue weighted by Gasteiger charge is 2.10. The molecule has 0 radical (unpaired) electrons. The second kappa shape index (κ2) is 6.84. The number of aryl methyl sites for hydroxylation is 2. The molecule has 0 spiro atoms. The molecule has 0 aliphatic rings. The van der Waals surface area contributed by atoms with E-state index in [9.17, 15) is 4.79 Å². The third kappa shape index (κ3) is 3.80. The third-order valence-corrected chi connectivity index (χ3v) is 4.21. The molecule has 2 aromatic heterocycles. The molecule has 0 aliphatic heterocycles. The molecule has 122 valence electrons. The lowest BCUT2D eigenvalue weighted by Crippen LogP contribution is -2.12. The van der Waals surface area contributed by atoms with Crippen LogP contribution in [-0.2, 0) is 0 Å². The van der Waals surface area contributed by atoms with Gasteiger partial charge in [-0.15, -0.1) is 0 Å². The van der Waals surface area contributed by atoms with Crippen LogP contribution in [0.2, 0.25) is 0 Å². The van der Waals surface area contributed by atoms with Crippen molar-refractivity contribution in [2.75, 3.05) is 10.6 Å². The van der Waals surface area contributed by atoms with Crippen LogP contribution in [0.15, 0.2) is 51.7 Å². The van der Waals surface area contributed by atoms with Crippen molar-refractivity contribution in [2.45, 2.75) is 13.8 Å². The van der Waals surface area contributed by atoms with Gasteiger partial charge in [-0.3, -0.25) is 9.78 Å². The molecular formula is C17H15BrN4O2. The van der Waals surface area contributed by atoms with Gasteiger partial charge in [0.1, 0.15) is 5.76 Å². The molecule has 0 bridgehead atoms. The number of hydrogen-bond acceptors (Lipinski definition) is 5. The summed E-state index contributed by atoms with van der Waals surface area (Å²) < 4.78 is 5.97. The average Bonchev–Trinajstić information content (AvgIpc) is 2.96. The number of carbonyl (C=O) groups is 1. The first-order chi connectivity index (χ1) is 11.5. The molecule has 3 aromatic rings. The number of carbonyl (C=O) groups excluding carboxylic acids is 1. The standard InChI is InChI=1S/C17H15BrN4O2/c1-10-5-13(3-4-15(10)18)20-14-7-12(8-19-9-14)17(23)21-16-6-11(2)24-22-16/h3-9,20H,1-2H3,(H,21,22,23). The number of rotatable bonds is 4. The smallest absolute Gasteiger partial charge is 0.258 e. The maximum Gasteiger partial charge on any atom is 0.258 e. The van der Waals surface area contributed by atoms with E-state index >= 15 is 0 Å². The molecule has 1 aromatic carbocycles. The van der Waals surface area contributed by atoms with E-state index in [0.29, 0.717) is 17.1 Å². The predicted molar refractivity (Wildman–Crippen MR) is 95.6 cm³/mol. The van der Waals surface area contributed by atoms with Crippen LogP contribution >= 0.6 is 15.9 Å². The van der Waals surface area contributed by atoms with Crippen LogP contribution in [-0.4, -0.2) is 16.0 Å². The van der Waals surface area contributed by atoms with Gasteiger partial charge in [0.05, 0.1) is 17.4 Å². The molecule has 7 heteroatoms. The van der Waals surface area contributed by atoms with Crippen LogP contribution in [0.3, 0.4) is 0 Å². The molecular weight excluding hydrogens is 372 g/mol. The number of halogens is 1. The average molecular weight is 387 g/mol. The summed E-state index contributed by atoms with van der Waals surface area (Å²) in [6.07, 6.45) is 3.16. The molecule has 2 N–H and O–H groups in total. The third-order valence-electron chi connectivity index (χ3n) is 3.32. The fourth-order valence-corrected chi connectivity index (χ4v) is 2.38. The Hall–Kier alpha value is -2.67. The van der Waals surface area contributed by atoms with E-state index in [1.807, 2.05) is 25.1 Å². The van der Waals surface area contributed by atoms with Crippen LogP contribution < -0.4 is 10.6 Å². The van der Waals surface area contributed by atoms with Gasteiger partial charge >= 0.3 is 0 Å². The van der Waals surface area contributed by atoms with Crippen LogP contribution in [0.1, 0.15) is 21.7 Å². The molecule has 24 heavy (non-hydrogen) atoms. The highest BCUT2D eigenvalue weighted by molar-refractivity contribution is 9.10. The van der Waals surface area contributed by atoms with E-state index in [2.05, 4.69) is 36.7 Å². The van der Waals surface area contributed by atoms with Crippen molar-refractivity contribution in [2.24, 2.45) is 0 Å². The molecule has 0 atom stereocenters. The zero-order valence-electron chi connectivity index (χ0n) is 13.1. The van der Waals surface area contributed by atoms with Crippen LogP contribution in [0.25, 0.3) is 0 Å². The van der Waals surface area contributed by atoms with Gasteiger partial charge in [0, 0.05) is 22.4 Å². The fourth-order valence-electron chi connectivity index (χ4n) is 2.14. The largest absolute Gasteiger partial charge is 0.360 e. The summed E-state index contributed by atoms with van der Waals surface area (Å²) in [7, 11) is 0. The number of amides is 1. The lowest BCUT2D eigenvalue weighted by molar-refractivity contribution is 0.102. The van der Waals surface area contributed by atoms with Crippen molar-refractivity contribution in [1.29, 1.82) is 0 Å². The Kier molecular flexibility index (Phi) is 4.61. The Morgan fingerprint density at radius 1 is 1.12 bits per heavy atom. The number of nitrogens with zero attached hydrogens (tertiary/aromatic N) is 2. The number of hydrogen-bond donors (Lipinski definition) is 2. The van der Waals surface area contributed by atoms with E-state index in [4.69, 9.17) is 4.52 Å². The summed E-state index contributed by atoms with van der Waals surface area (Å²) in [6, 6.07) is 9.30. The SMILES string of the molecule is Cc1cc(NC(=O)c2cncc(Nc3ccc(Br)c(C)c3)c2)no1. The summed E-state index contributed by atoms with van der Waals surface area (Å²) in [5.74, 6) is 0.704. The predicted octanol–water partition coefficient (Wildman–Crippen LogP) is 4.44. The molecule has 3 rings (SSSR count). The van der Waals surface area contributed by atoms with E-state index in [0.717, 1.165) is 21.4 Å². The Labute approximate surface area is 147 Å². The van der Waals surface area contributed by atoms with Gasteiger partial charge < -0.3 is 15.2 Å². The molecule has 0 unspecified atom stereocenters. The van der Waals surface area contributed by atoms with Gasteiger partial charge in [-0.2, -0.15) is 0 Å². The van der Waals surface area contributed by atoms with E-state index in [1.54, 1.807) is 25.3 Å². The van der Waals surface area contributed by atoms with Gasteiger partial charge in [-0.1, -0.05) is 21.1 Å². The number of benzene rings is 1. The molecule has 6 nitrogen and oxygen atoms in total. The molecule has 0 saturated heterocycles. The summed E-state index contributed by atoms with van der Waals surface area (Å²) in [5.41, 5.74) is 3.18. The lowest BCUT2D eigenvalue weighted by atomic mass is 10.2. The van der Waals surface area contributed by atoms with Crippen LogP contribution in [0, 0.1) is 13.8 Å². The first-order valence-electron chi connectivity index (χ1n) is 7.24. The zero-order chi connectivity index (χ0) is 17.1. The maximum absolute atomic E-state index is 12.3. The van der Waals surface area contributed by atoms with Crippen LogP contribution in [0.5, 0.6) is 0 Å². The van der Waals surface area contributed by atoms with Gasteiger partial charge in [0.25, 0.3) is 5.91 Å². The molecule has 0 aliphatic carbocycles. The Balaban J connectivity index is 1.75. The number of pyridine rings is 1. The van der Waals surface area contributed by atoms with Crippen molar-refractivity contribution in [3.63, 3.8) is 0 Å². The summed E-state index contributed by atoms with van der Waals surface area (Å²) >= 11 is 3.47. The van der Waals surface area contributed by atoms with Gasteiger partial charge in [0.2, 0.25) is 0 Å². The quantitative estimate of drug-likeness (QED) is 0.692. The summed E-state index contributed by atoms with van der Waals surface area (Å²) in [5, 5.41) is 9.65. The molecule has 1 amide bonds. The molecule has 0 fully saturated rings. The maximum atomic E-state index is 12.3. The van der Waals surface area contributed by atoms with E-state index in [1.165, 1.54) is 6.20 Å². The van der Waals surface area contributed by atoms with Crippen molar-refractivity contribution in [3.8, 4) is 0 Å². The Morgan fingerprint density at radius 2 is 1.96 bits per heavy atom. The number of anilines is 3. The lowest BCUT2D eigenvalue weighted by Gasteiger charge is -2.09. The van der Waals surface area contributed by atoms with Crippen molar-refractivity contribution < 1.29 is 9.32 Å². The van der Waals surface area contributed by atoms with E-state index < -0.39 is 0 Å². The molecule has 2 heterocycles. The first-order valence-corrected chi connectivity index (χ1v) is 8.03. The highest BCUT2D eigenvalue weighted by atomic mass is 79.9. The first kappa shape index (κ1) is 16.2. The van der Waals surface area contributed by atoms with Gasteiger partial charge in [-0.05, 0) is 43.7 Å².